The van der Waals surface area contributed by atoms with Crippen molar-refractivity contribution < 1.29 is 4.74 Å². The summed E-state index contributed by atoms with van der Waals surface area (Å²) in [4.78, 5) is 4.36. The summed E-state index contributed by atoms with van der Waals surface area (Å²) >= 11 is 2.29. The lowest BCUT2D eigenvalue weighted by Crippen LogP contribution is -2.27. The molecule has 0 saturated carbocycles. The van der Waals surface area contributed by atoms with E-state index in [0.717, 1.165) is 0 Å². The Kier molecular flexibility index (Phi) is 3.02. The van der Waals surface area contributed by atoms with Crippen molar-refractivity contribution in [2.24, 2.45) is 10.7 Å². The van der Waals surface area contributed by atoms with Gasteiger partial charge in [-0.25, -0.2) is 0 Å². The number of hydrogen-bond donors (Lipinski definition) is 1. The molecule has 4 heteroatoms. The van der Waals surface area contributed by atoms with Crippen molar-refractivity contribution in [1.29, 1.82) is 0 Å². The third-order valence-corrected chi connectivity index (χ3v) is 2.75. The van der Waals surface area contributed by atoms with E-state index in [2.05, 4.69) is 45.8 Å². The molecular weight excluding hydrogens is 291 g/mol. The molecule has 74 valence electrons. The molecule has 1 aliphatic heterocycles. The lowest BCUT2D eigenvalue weighted by Gasteiger charge is -2.19. The Balaban J connectivity index is 2.26. The van der Waals surface area contributed by atoms with Crippen molar-refractivity contribution in [2.75, 3.05) is 13.2 Å². The number of ether oxygens (including phenoxy) is 1. The molecule has 0 saturated heterocycles. The van der Waals surface area contributed by atoms with Gasteiger partial charge < -0.3 is 10.5 Å². The topological polar surface area (TPSA) is 47.6 Å². The number of nitrogens with zero attached hydrogens (tertiary/aromatic N) is 1. The van der Waals surface area contributed by atoms with Crippen LogP contribution in [0.5, 0.6) is 0 Å². The summed E-state index contributed by atoms with van der Waals surface area (Å²) in [6.45, 7) is 1.08. The van der Waals surface area contributed by atoms with E-state index in [1.54, 1.807) is 0 Å². The van der Waals surface area contributed by atoms with E-state index < -0.39 is 0 Å². The van der Waals surface area contributed by atoms with Gasteiger partial charge in [-0.05, 0) is 40.3 Å². The van der Waals surface area contributed by atoms with Gasteiger partial charge in [0.1, 0.15) is 18.5 Å². The first-order valence-corrected chi connectivity index (χ1v) is 5.49. The van der Waals surface area contributed by atoms with Crippen LogP contribution in [-0.4, -0.2) is 19.0 Å². The van der Waals surface area contributed by atoms with Gasteiger partial charge in [0.2, 0.25) is 0 Å². The molecule has 1 atom stereocenters. The van der Waals surface area contributed by atoms with Gasteiger partial charge in [0.15, 0.2) is 0 Å². The summed E-state index contributed by atoms with van der Waals surface area (Å²) in [6.07, 6.45) is 0. The summed E-state index contributed by atoms with van der Waals surface area (Å²) in [6, 6.07) is 8.31. The van der Waals surface area contributed by atoms with Crippen molar-refractivity contribution >= 4 is 28.4 Å². The van der Waals surface area contributed by atoms with Crippen LogP contribution >= 0.6 is 22.6 Å². The largest absolute Gasteiger partial charge is 0.386 e. The van der Waals surface area contributed by atoms with Crippen LogP contribution in [-0.2, 0) is 4.74 Å². The van der Waals surface area contributed by atoms with Gasteiger partial charge in [-0.2, -0.15) is 0 Å². The predicted molar refractivity (Wildman–Crippen MR) is 64.3 cm³/mol. The molecule has 0 radical (unpaired) electrons. The van der Waals surface area contributed by atoms with Crippen molar-refractivity contribution in [2.45, 2.75) is 6.04 Å². The molecule has 2 N–H and O–H groups in total. The first kappa shape index (κ1) is 9.92. The molecule has 0 fully saturated rings. The van der Waals surface area contributed by atoms with E-state index in [4.69, 9.17) is 10.5 Å². The van der Waals surface area contributed by atoms with Crippen molar-refractivity contribution in [3.8, 4) is 0 Å². The molecule has 2 rings (SSSR count). The third kappa shape index (κ3) is 2.24. The third-order valence-electron chi connectivity index (χ3n) is 2.08. The number of nitrogens with two attached hydrogens (primary N) is 1. The monoisotopic (exact) mass is 302 g/mol. The molecule has 1 unspecified atom stereocenters. The molecule has 14 heavy (non-hydrogen) atoms. The Morgan fingerprint density at radius 1 is 1.50 bits per heavy atom. The minimum Gasteiger partial charge on any atom is -0.386 e. The highest BCUT2D eigenvalue weighted by molar-refractivity contribution is 14.1. The molecule has 1 aliphatic rings. The van der Waals surface area contributed by atoms with Crippen molar-refractivity contribution in [3.63, 3.8) is 0 Å². The normalized spacial score (nSPS) is 21.8. The highest BCUT2D eigenvalue weighted by Crippen LogP contribution is 2.21. The Morgan fingerprint density at radius 2 is 2.36 bits per heavy atom. The number of rotatable bonds is 1. The summed E-state index contributed by atoms with van der Waals surface area (Å²) in [7, 11) is 0. The SMILES string of the molecule is NC1=NC(c2cccc(I)c2)COC1. The summed E-state index contributed by atoms with van der Waals surface area (Å²) in [5.74, 6) is 0.583. The fraction of sp³-hybridized carbons (Fsp3) is 0.300. The second-order valence-electron chi connectivity index (χ2n) is 3.21. The second-order valence-corrected chi connectivity index (χ2v) is 4.45. The molecule has 0 bridgehead atoms. The first-order valence-electron chi connectivity index (χ1n) is 4.41. The standard InChI is InChI=1S/C10H11IN2O/c11-8-3-1-2-7(4-8)9-5-14-6-10(12)13-9/h1-4,9H,5-6H2,(H2,12,13). The van der Waals surface area contributed by atoms with E-state index >= 15 is 0 Å². The number of hydrogen-bond acceptors (Lipinski definition) is 3. The van der Waals surface area contributed by atoms with Crippen LogP contribution in [0.4, 0.5) is 0 Å². The molecule has 1 aromatic rings. The molecule has 1 heterocycles. The molecule has 0 aliphatic carbocycles. The van der Waals surface area contributed by atoms with Gasteiger partial charge in [0.25, 0.3) is 0 Å². The van der Waals surface area contributed by atoms with Crippen molar-refractivity contribution in [1.82, 2.24) is 0 Å². The van der Waals surface area contributed by atoms with E-state index in [-0.39, 0.29) is 6.04 Å². The molecule has 0 aromatic heterocycles. The lowest BCUT2D eigenvalue weighted by molar-refractivity contribution is 0.143. The number of halogens is 1. The Bertz CT molecular complexity index is 365. The van der Waals surface area contributed by atoms with E-state index in [9.17, 15) is 0 Å². The zero-order valence-electron chi connectivity index (χ0n) is 7.61. The van der Waals surface area contributed by atoms with Gasteiger partial charge in [-0.1, -0.05) is 12.1 Å². The van der Waals surface area contributed by atoms with E-state index in [1.165, 1.54) is 9.13 Å². The quantitative estimate of drug-likeness (QED) is 0.803. The number of benzene rings is 1. The van der Waals surface area contributed by atoms with Gasteiger partial charge in [0, 0.05) is 3.57 Å². The fourth-order valence-electron chi connectivity index (χ4n) is 1.43. The number of amidine groups is 1. The maximum Gasteiger partial charge on any atom is 0.121 e. The van der Waals surface area contributed by atoms with Crippen LogP contribution in [0, 0.1) is 3.57 Å². The fourth-order valence-corrected chi connectivity index (χ4v) is 2.00. The van der Waals surface area contributed by atoms with Crippen molar-refractivity contribution in [3.05, 3.63) is 33.4 Å². The van der Waals surface area contributed by atoms with Crippen LogP contribution in [0.3, 0.4) is 0 Å². The molecule has 0 spiro atoms. The zero-order chi connectivity index (χ0) is 9.97. The zero-order valence-corrected chi connectivity index (χ0v) is 9.77. The highest BCUT2D eigenvalue weighted by Gasteiger charge is 2.15. The lowest BCUT2D eigenvalue weighted by atomic mass is 10.1. The van der Waals surface area contributed by atoms with E-state index in [0.29, 0.717) is 19.0 Å². The van der Waals surface area contributed by atoms with Gasteiger partial charge in [0.05, 0.1) is 6.61 Å². The van der Waals surface area contributed by atoms with Crippen LogP contribution in [0.1, 0.15) is 11.6 Å². The second kappa shape index (κ2) is 4.27. The average molecular weight is 302 g/mol. The summed E-state index contributed by atoms with van der Waals surface area (Å²) in [5.41, 5.74) is 6.79. The van der Waals surface area contributed by atoms with Crippen LogP contribution < -0.4 is 5.73 Å². The molecule has 0 amide bonds. The minimum atomic E-state index is 0.0680. The Hall–Kier alpha value is -0.620. The van der Waals surface area contributed by atoms with Gasteiger partial charge in [-0.15, -0.1) is 0 Å². The summed E-state index contributed by atoms with van der Waals surface area (Å²) < 4.78 is 6.54. The van der Waals surface area contributed by atoms with Crippen LogP contribution in [0.15, 0.2) is 29.3 Å². The minimum absolute atomic E-state index is 0.0680. The highest BCUT2D eigenvalue weighted by atomic mass is 127. The first-order chi connectivity index (χ1) is 6.75. The van der Waals surface area contributed by atoms with Gasteiger partial charge >= 0.3 is 0 Å². The maximum atomic E-state index is 5.62. The summed E-state index contributed by atoms with van der Waals surface area (Å²) in [5, 5.41) is 0. The van der Waals surface area contributed by atoms with Crippen LogP contribution in [0.2, 0.25) is 0 Å². The Labute approximate surface area is 96.5 Å². The number of aliphatic imine (C=N–C) groups is 1. The van der Waals surface area contributed by atoms with Gasteiger partial charge in [-0.3, -0.25) is 4.99 Å². The van der Waals surface area contributed by atoms with Crippen LogP contribution in [0.25, 0.3) is 0 Å². The Morgan fingerprint density at radius 3 is 3.07 bits per heavy atom. The molecule has 3 nitrogen and oxygen atoms in total. The van der Waals surface area contributed by atoms with E-state index in [1.807, 2.05) is 6.07 Å². The average Bonchev–Trinajstić information content (AvgIpc) is 2.18. The molecular formula is C10H11IN2O. The maximum absolute atomic E-state index is 5.62. The predicted octanol–water partition coefficient (Wildman–Crippen LogP) is 1.72. The smallest absolute Gasteiger partial charge is 0.121 e. The molecule has 1 aromatic carbocycles.